The molecule has 0 aromatic carbocycles. The van der Waals surface area contributed by atoms with Crippen molar-refractivity contribution in [3.8, 4) is 0 Å². The molecule has 19 heavy (non-hydrogen) atoms. The van der Waals surface area contributed by atoms with Crippen molar-refractivity contribution in [2.45, 2.75) is 39.5 Å². The highest BCUT2D eigenvalue weighted by atomic mass is 32.3. The average molecular weight is 297 g/mol. The van der Waals surface area contributed by atoms with Crippen molar-refractivity contribution in [1.29, 1.82) is 0 Å². The predicted octanol–water partition coefficient (Wildman–Crippen LogP) is -0.0351. The molecule has 0 aromatic rings. The molecule has 1 heterocycles. The van der Waals surface area contributed by atoms with Crippen LogP contribution in [0.2, 0.25) is 0 Å². The van der Waals surface area contributed by atoms with E-state index in [-0.39, 0.29) is 6.61 Å². The van der Waals surface area contributed by atoms with E-state index in [1.165, 1.54) is 32.5 Å². The quantitative estimate of drug-likeness (QED) is 0.405. The zero-order chi connectivity index (χ0) is 14.6. The Labute approximate surface area is 117 Å². The Hall–Kier alpha value is -0.210. The predicted molar refractivity (Wildman–Crippen MR) is 71.8 cm³/mol. The van der Waals surface area contributed by atoms with Gasteiger partial charge in [-0.1, -0.05) is 26.7 Å². The van der Waals surface area contributed by atoms with Gasteiger partial charge in [0.1, 0.15) is 13.1 Å². The molecule has 0 bridgehead atoms. The minimum Gasteiger partial charge on any atom is -0.726 e. The van der Waals surface area contributed by atoms with Gasteiger partial charge in [-0.2, -0.15) is 0 Å². The second-order valence-electron chi connectivity index (χ2n) is 4.55. The number of ether oxygens (including phenoxy) is 1. The van der Waals surface area contributed by atoms with E-state index in [0.29, 0.717) is 6.42 Å². The lowest BCUT2D eigenvalue weighted by Crippen LogP contribution is -3.14. The number of unbranched alkanes of at least 4 members (excludes halogenated alkanes) is 2. The fourth-order valence-corrected chi connectivity index (χ4v) is 1.96. The molecule has 7 heteroatoms. The summed E-state index contributed by atoms with van der Waals surface area (Å²) in [7, 11) is -4.45. The monoisotopic (exact) mass is 297 g/mol. The Morgan fingerprint density at radius 3 is 2.21 bits per heavy atom. The van der Waals surface area contributed by atoms with Gasteiger partial charge in [0.05, 0.1) is 26.4 Å². The fraction of sp³-hybridized carbons (Fsp3) is 1.00. The standard InChI is InChI=1S/C8H17NO.C4H10O4S/c1-2-3-4-9-5-7-10-8-6-9;1-2-3-4-8-9(5,6)7/h2-8H2,1H3;2-4H2,1H3,(H,5,6,7). The molecule has 1 aliphatic heterocycles. The Morgan fingerprint density at radius 2 is 1.74 bits per heavy atom. The molecule has 1 saturated heterocycles. The molecule has 1 rings (SSSR count). The second-order valence-corrected chi connectivity index (χ2v) is 5.60. The minimum absolute atomic E-state index is 0.00231. The highest BCUT2D eigenvalue weighted by Gasteiger charge is 2.11. The smallest absolute Gasteiger partial charge is 0.217 e. The molecule has 0 saturated carbocycles. The first kappa shape index (κ1) is 18.8. The van der Waals surface area contributed by atoms with Gasteiger partial charge in [-0.25, -0.2) is 8.42 Å². The van der Waals surface area contributed by atoms with Gasteiger partial charge >= 0.3 is 0 Å². The van der Waals surface area contributed by atoms with Crippen LogP contribution in [-0.2, 0) is 19.3 Å². The Balaban J connectivity index is 0.000000344. The summed E-state index contributed by atoms with van der Waals surface area (Å²) in [5.41, 5.74) is 0. The Bertz CT molecular complexity index is 288. The fourth-order valence-electron chi connectivity index (χ4n) is 1.64. The summed E-state index contributed by atoms with van der Waals surface area (Å²) in [6.07, 6.45) is 4.11. The van der Waals surface area contributed by atoms with Crippen LogP contribution in [0.5, 0.6) is 0 Å². The molecule has 0 unspecified atom stereocenters. The van der Waals surface area contributed by atoms with E-state index >= 15 is 0 Å². The third-order valence-electron chi connectivity index (χ3n) is 2.81. The summed E-state index contributed by atoms with van der Waals surface area (Å²) in [6.45, 7) is 9.86. The van der Waals surface area contributed by atoms with E-state index in [1.807, 2.05) is 6.92 Å². The first-order valence-electron chi connectivity index (χ1n) is 7.01. The van der Waals surface area contributed by atoms with Gasteiger partial charge in [0, 0.05) is 0 Å². The molecule has 1 fully saturated rings. The molecule has 116 valence electrons. The van der Waals surface area contributed by atoms with E-state index in [0.717, 1.165) is 19.6 Å². The number of nitrogens with one attached hydrogen (secondary N) is 1. The van der Waals surface area contributed by atoms with Gasteiger partial charge in [-0.3, -0.25) is 4.18 Å². The summed E-state index contributed by atoms with van der Waals surface area (Å²) < 4.78 is 38.3. The Morgan fingerprint density at radius 1 is 1.16 bits per heavy atom. The maximum Gasteiger partial charge on any atom is 0.217 e. The molecule has 0 amide bonds. The van der Waals surface area contributed by atoms with Crippen LogP contribution in [0, 0.1) is 0 Å². The highest BCUT2D eigenvalue weighted by molar-refractivity contribution is 7.80. The minimum atomic E-state index is -4.45. The van der Waals surface area contributed by atoms with Crippen LogP contribution in [0.3, 0.4) is 0 Å². The van der Waals surface area contributed by atoms with Gasteiger partial charge in [0.2, 0.25) is 10.4 Å². The first-order valence-corrected chi connectivity index (χ1v) is 8.34. The molecule has 6 nitrogen and oxygen atoms in total. The lowest BCUT2D eigenvalue weighted by Gasteiger charge is -2.23. The van der Waals surface area contributed by atoms with E-state index in [1.54, 1.807) is 4.90 Å². The lowest BCUT2D eigenvalue weighted by molar-refractivity contribution is -0.908. The van der Waals surface area contributed by atoms with Crippen LogP contribution in [0.1, 0.15) is 39.5 Å². The van der Waals surface area contributed by atoms with Crippen molar-refractivity contribution in [3.63, 3.8) is 0 Å². The van der Waals surface area contributed by atoms with Crippen LogP contribution < -0.4 is 4.90 Å². The molecular weight excluding hydrogens is 270 g/mol. The van der Waals surface area contributed by atoms with Crippen molar-refractivity contribution in [2.75, 3.05) is 39.5 Å². The summed E-state index contributed by atoms with van der Waals surface area (Å²) >= 11 is 0. The van der Waals surface area contributed by atoms with Crippen molar-refractivity contribution in [1.82, 2.24) is 0 Å². The molecule has 0 aromatic heterocycles. The van der Waals surface area contributed by atoms with Crippen molar-refractivity contribution >= 4 is 10.4 Å². The molecule has 1 N–H and O–H groups in total. The van der Waals surface area contributed by atoms with E-state index in [4.69, 9.17) is 4.74 Å². The van der Waals surface area contributed by atoms with Crippen molar-refractivity contribution < 1.29 is 26.8 Å². The molecule has 0 atom stereocenters. The normalized spacial score (nSPS) is 16.8. The average Bonchev–Trinajstić information content (AvgIpc) is 2.37. The zero-order valence-corrected chi connectivity index (χ0v) is 12.8. The number of quaternary nitrogens is 1. The summed E-state index contributed by atoms with van der Waals surface area (Å²) in [5, 5.41) is 0. The van der Waals surface area contributed by atoms with E-state index < -0.39 is 10.4 Å². The maximum atomic E-state index is 9.73. The van der Waals surface area contributed by atoms with Crippen LogP contribution >= 0.6 is 0 Å². The molecule has 0 radical (unpaired) electrons. The summed E-state index contributed by atoms with van der Waals surface area (Å²) in [5.74, 6) is 0. The van der Waals surface area contributed by atoms with Crippen LogP contribution in [0.25, 0.3) is 0 Å². The zero-order valence-electron chi connectivity index (χ0n) is 12.0. The van der Waals surface area contributed by atoms with Crippen molar-refractivity contribution in [3.05, 3.63) is 0 Å². The lowest BCUT2D eigenvalue weighted by atomic mass is 10.3. The summed E-state index contributed by atoms with van der Waals surface area (Å²) in [6, 6.07) is 0. The van der Waals surface area contributed by atoms with E-state index in [9.17, 15) is 13.0 Å². The van der Waals surface area contributed by atoms with Crippen molar-refractivity contribution in [2.24, 2.45) is 0 Å². The topological polar surface area (TPSA) is 80.1 Å². The third-order valence-corrected chi connectivity index (χ3v) is 3.26. The molecule has 1 aliphatic rings. The van der Waals surface area contributed by atoms with Gasteiger partial charge < -0.3 is 14.2 Å². The van der Waals surface area contributed by atoms with Gasteiger partial charge in [-0.05, 0) is 12.8 Å². The second kappa shape index (κ2) is 11.6. The number of morpholine rings is 1. The highest BCUT2D eigenvalue weighted by Crippen LogP contribution is 1.91. The third kappa shape index (κ3) is 14.0. The molecule has 0 aliphatic carbocycles. The number of rotatable bonds is 7. The first-order chi connectivity index (χ1) is 8.99. The van der Waals surface area contributed by atoms with E-state index in [2.05, 4.69) is 11.1 Å². The van der Waals surface area contributed by atoms with Crippen LogP contribution in [0.4, 0.5) is 0 Å². The number of hydrogen-bond donors (Lipinski definition) is 1. The Kier molecular flexibility index (Phi) is 11.5. The number of hydrogen-bond acceptors (Lipinski definition) is 5. The summed E-state index contributed by atoms with van der Waals surface area (Å²) in [4.78, 5) is 1.73. The van der Waals surface area contributed by atoms with Crippen LogP contribution in [-0.4, -0.2) is 52.4 Å². The molecule has 0 spiro atoms. The maximum absolute atomic E-state index is 9.73. The van der Waals surface area contributed by atoms with Gasteiger partial charge in [0.25, 0.3) is 0 Å². The van der Waals surface area contributed by atoms with Gasteiger partial charge in [-0.15, -0.1) is 0 Å². The molecular formula is C12H27NO5S. The SMILES string of the molecule is CCCCOS(=O)(=O)[O-].CCCC[NH+]1CCOCC1. The van der Waals surface area contributed by atoms with Gasteiger partial charge in [0.15, 0.2) is 0 Å². The van der Waals surface area contributed by atoms with Crippen LogP contribution in [0.15, 0.2) is 0 Å². The largest absolute Gasteiger partial charge is 0.726 e.